The molecule has 7 nitrogen and oxygen atoms in total. The summed E-state index contributed by atoms with van der Waals surface area (Å²) in [7, 11) is -2.18. The molecule has 0 aliphatic carbocycles. The third-order valence-corrected chi connectivity index (χ3v) is 5.03. The molecule has 0 saturated heterocycles. The van der Waals surface area contributed by atoms with Crippen LogP contribution in [0.15, 0.2) is 21.8 Å². The molecule has 2 aromatic rings. The van der Waals surface area contributed by atoms with Crippen molar-refractivity contribution < 1.29 is 12.8 Å². The molecule has 0 fully saturated rings. The van der Waals surface area contributed by atoms with Gasteiger partial charge in [-0.05, 0) is 19.9 Å². The lowest BCUT2D eigenvalue weighted by atomic mass is 10.3. The van der Waals surface area contributed by atoms with Gasteiger partial charge in [0.05, 0.1) is 6.26 Å². The van der Waals surface area contributed by atoms with E-state index >= 15 is 0 Å². The van der Waals surface area contributed by atoms with Gasteiger partial charge in [-0.25, -0.2) is 8.42 Å². The first-order chi connectivity index (χ1) is 9.37. The molecule has 0 atom stereocenters. The molecule has 0 unspecified atom stereocenters. The van der Waals surface area contributed by atoms with Crippen LogP contribution in [0, 0.1) is 13.8 Å². The first-order valence-electron chi connectivity index (χ1n) is 6.11. The molecule has 2 rings (SSSR count). The maximum Gasteiger partial charge on any atom is 0.262 e. The lowest BCUT2D eigenvalue weighted by molar-refractivity contribution is 0.455. The number of nitrogens with one attached hydrogen (secondary N) is 1. The molecule has 0 spiro atoms. The van der Waals surface area contributed by atoms with E-state index in [-0.39, 0.29) is 18.1 Å². The Bertz CT molecular complexity index is 702. The van der Waals surface area contributed by atoms with Gasteiger partial charge in [-0.15, -0.1) is 0 Å². The first-order valence-corrected chi connectivity index (χ1v) is 7.55. The number of aryl methyl sites for hydroxylation is 2. The van der Waals surface area contributed by atoms with Crippen LogP contribution in [0.4, 0.5) is 0 Å². The fraction of sp³-hybridized carbons (Fsp3) is 0.417. The normalized spacial score (nSPS) is 12.2. The van der Waals surface area contributed by atoms with Crippen LogP contribution < -0.4 is 5.73 Å². The SMILES string of the molecule is Cc1[nH]nc(S(=O)(=O)N(C)Cc2ccoc2C)c1CN. The van der Waals surface area contributed by atoms with Crippen LogP contribution in [0.2, 0.25) is 0 Å². The van der Waals surface area contributed by atoms with E-state index in [2.05, 4.69) is 10.2 Å². The predicted molar refractivity (Wildman–Crippen MR) is 73.3 cm³/mol. The van der Waals surface area contributed by atoms with Crippen LogP contribution in [0.1, 0.15) is 22.6 Å². The van der Waals surface area contributed by atoms with Crippen LogP contribution in [0.25, 0.3) is 0 Å². The average Bonchev–Trinajstić information content (AvgIpc) is 2.96. The lowest BCUT2D eigenvalue weighted by Gasteiger charge is -2.16. The van der Waals surface area contributed by atoms with Crippen LogP contribution in [-0.4, -0.2) is 30.0 Å². The number of nitrogens with two attached hydrogens (primary N) is 1. The van der Waals surface area contributed by atoms with Gasteiger partial charge in [0, 0.05) is 37.0 Å². The largest absolute Gasteiger partial charge is 0.469 e. The Kier molecular flexibility index (Phi) is 3.98. The second kappa shape index (κ2) is 5.39. The highest BCUT2D eigenvalue weighted by molar-refractivity contribution is 7.89. The van der Waals surface area contributed by atoms with E-state index in [9.17, 15) is 8.42 Å². The third kappa shape index (κ3) is 2.49. The van der Waals surface area contributed by atoms with Crippen LogP contribution in [0.5, 0.6) is 0 Å². The number of H-pyrrole nitrogens is 1. The van der Waals surface area contributed by atoms with Gasteiger partial charge >= 0.3 is 0 Å². The molecule has 20 heavy (non-hydrogen) atoms. The Hall–Kier alpha value is -1.64. The molecular formula is C12H18N4O3S. The third-order valence-electron chi connectivity index (χ3n) is 3.25. The molecule has 0 saturated carbocycles. The molecule has 0 radical (unpaired) electrons. The molecule has 0 amide bonds. The van der Waals surface area contributed by atoms with Gasteiger partial charge in [0.15, 0.2) is 5.03 Å². The van der Waals surface area contributed by atoms with Gasteiger partial charge in [0.1, 0.15) is 5.76 Å². The summed E-state index contributed by atoms with van der Waals surface area (Å²) in [4.78, 5) is 0. The van der Waals surface area contributed by atoms with Crippen molar-refractivity contribution >= 4 is 10.0 Å². The number of aromatic nitrogens is 2. The van der Waals surface area contributed by atoms with Crippen molar-refractivity contribution in [2.75, 3.05) is 7.05 Å². The summed E-state index contributed by atoms with van der Waals surface area (Å²) in [6.07, 6.45) is 1.54. The van der Waals surface area contributed by atoms with E-state index in [0.29, 0.717) is 17.0 Å². The van der Waals surface area contributed by atoms with E-state index in [1.165, 1.54) is 17.6 Å². The standard InChI is InChI=1S/C12H18N4O3S/c1-8-11(6-13)12(15-14-8)20(17,18)16(3)7-10-4-5-19-9(10)2/h4-5H,6-7,13H2,1-3H3,(H,14,15). The summed E-state index contributed by atoms with van der Waals surface area (Å²) in [5, 5.41) is 6.53. The Balaban J connectivity index is 2.32. The minimum atomic E-state index is -3.68. The van der Waals surface area contributed by atoms with Crippen molar-refractivity contribution in [2.24, 2.45) is 5.73 Å². The monoisotopic (exact) mass is 298 g/mol. The zero-order valence-electron chi connectivity index (χ0n) is 11.7. The van der Waals surface area contributed by atoms with E-state index in [1.54, 1.807) is 19.9 Å². The molecular weight excluding hydrogens is 280 g/mol. The zero-order chi connectivity index (χ0) is 14.9. The summed E-state index contributed by atoms with van der Waals surface area (Å²) in [5.41, 5.74) is 7.59. The minimum Gasteiger partial charge on any atom is -0.469 e. The summed E-state index contributed by atoms with van der Waals surface area (Å²) in [6, 6.07) is 1.75. The highest BCUT2D eigenvalue weighted by Gasteiger charge is 2.28. The fourth-order valence-corrected chi connectivity index (χ4v) is 3.24. The highest BCUT2D eigenvalue weighted by Crippen LogP contribution is 2.21. The quantitative estimate of drug-likeness (QED) is 0.853. The minimum absolute atomic E-state index is 0.0128. The number of nitrogens with zero attached hydrogens (tertiary/aromatic N) is 2. The van der Waals surface area contributed by atoms with E-state index < -0.39 is 10.0 Å². The average molecular weight is 298 g/mol. The molecule has 2 aromatic heterocycles. The van der Waals surface area contributed by atoms with E-state index in [1.807, 2.05) is 0 Å². The Morgan fingerprint density at radius 3 is 2.70 bits per heavy atom. The van der Waals surface area contributed by atoms with Crippen molar-refractivity contribution in [3.8, 4) is 0 Å². The number of hydrogen-bond donors (Lipinski definition) is 2. The van der Waals surface area contributed by atoms with Gasteiger partial charge in [0.25, 0.3) is 10.0 Å². The number of sulfonamides is 1. The smallest absolute Gasteiger partial charge is 0.262 e. The fourth-order valence-electron chi connectivity index (χ4n) is 1.93. The number of furan rings is 1. The molecule has 3 N–H and O–H groups in total. The molecule has 8 heteroatoms. The number of rotatable bonds is 5. The van der Waals surface area contributed by atoms with E-state index in [4.69, 9.17) is 10.2 Å². The molecule has 0 bridgehead atoms. The lowest BCUT2D eigenvalue weighted by Crippen LogP contribution is -2.28. The molecule has 0 aliphatic rings. The Morgan fingerprint density at radius 1 is 1.45 bits per heavy atom. The van der Waals surface area contributed by atoms with Crippen molar-refractivity contribution in [3.63, 3.8) is 0 Å². The van der Waals surface area contributed by atoms with Gasteiger partial charge in [-0.2, -0.15) is 9.40 Å². The van der Waals surface area contributed by atoms with Crippen LogP contribution >= 0.6 is 0 Å². The van der Waals surface area contributed by atoms with Gasteiger partial charge in [-0.1, -0.05) is 0 Å². The second-order valence-corrected chi connectivity index (χ2v) is 6.56. The van der Waals surface area contributed by atoms with Gasteiger partial charge in [-0.3, -0.25) is 5.10 Å². The Labute approximate surface area is 117 Å². The van der Waals surface area contributed by atoms with Crippen molar-refractivity contribution in [1.29, 1.82) is 0 Å². The van der Waals surface area contributed by atoms with Crippen LogP contribution in [0.3, 0.4) is 0 Å². The molecule has 110 valence electrons. The van der Waals surface area contributed by atoms with Crippen molar-refractivity contribution in [3.05, 3.63) is 34.9 Å². The maximum absolute atomic E-state index is 12.5. The summed E-state index contributed by atoms with van der Waals surface area (Å²) in [6.45, 7) is 3.88. The van der Waals surface area contributed by atoms with Gasteiger partial charge in [0.2, 0.25) is 0 Å². The summed E-state index contributed by atoms with van der Waals surface area (Å²) in [5.74, 6) is 0.698. The second-order valence-electron chi connectivity index (χ2n) is 4.60. The first kappa shape index (κ1) is 14.8. The molecule has 0 aromatic carbocycles. The molecule has 0 aliphatic heterocycles. The summed E-state index contributed by atoms with van der Waals surface area (Å²) < 4.78 is 31.4. The summed E-state index contributed by atoms with van der Waals surface area (Å²) >= 11 is 0. The van der Waals surface area contributed by atoms with Crippen LogP contribution in [-0.2, 0) is 23.1 Å². The number of aromatic amines is 1. The van der Waals surface area contributed by atoms with Crippen molar-refractivity contribution in [2.45, 2.75) is 32.0 Å². The van der Waals surface area contributed by atoms with Crippen molar-refractivity contribution in [1.82, 2.24) is 14.5 Å². The zero-order valence-corrected chi connectivity index (χ0v) is 12.5. The topological polar surface area (TPSA) is 105 Å². The van der Waals surface area contributed by atoms with Gasteiger partial charge < -0.3 is 10.2 Å². The van der Waals surface area contributed by atoms with E-state index in [0.717, 1.165) is 5.56 Å². The molecule has 2 heterocycles. The number of hydrogen-bond acceptors (Lipinski definition) is 5. The predicted octanol–water partition coefficient (Wildman–Crippen LogP) is 0.899. The maximum atomic E-state index is 12.5. The highest BCUT2D eigenvalue weighted by atomic mass is 32.2. The Morgan fingerprint density at radius 2 is 2.15 bits per heavy atom.